The Morgan fingerprint density at radius 3 is 2.62 bits per heavy atom. The number of nitrogens with zero attached hydrogens (tertiary/aromatic N) is 2. The topological polar surface area (TPSA) is 111 Å². The Morgan fingerprint density at radius 1 is 1.21 bits per heavy atom. The first kappa shape index (κ1) is 20.2. The molecule has 0 aliphatic carbocycles. The molecular formula is C19H16FN3O5S. The van der Waals surface area contributed by atoms with Crippen LogP contribution in [-0.2, 0) is 16.4 Å². The Labute approximate surface area is 166 Å². The minimum absolute atomic E-state index is 0.00630. The zero-order valence-corrected chi connectivity index (χ0v) is 16.0. The second kappa shape index (κ2) is 8.23. The molecule has 29 heavy (non-hydrogen) atoms. The minimum Gasteiger partial charge on any atom is -0.453 e. The molecule has 1 heterocycles. The van der Waals surface area contributed by atoms with Crippen molar-refractivity contribution in [3.8, 4) is 11.5 Å². The molecule has 0 atom stereocenters. The van der Waals surface area contributed by atoms with E-state index in [0.717, 1.165) is 6.26 Å². The van der Waals surface area contributed by atoms with Crippen LogP contribution in [0.3, 0.4) is 0 Å². The van der Waals surface area contributed by atoms with E-state index >= 15 is 0 Å². The number of pyridine rings is 1. The number of anilines is 1. The van der Waals surface area contributed by atoms with Gasteiger partial charge in [-0.2, -0.15) is 0 Å². The van der Waals surface area contributed by atoms with Crippen LogP contribution < -0.4 is 10.1 Å². The Bertz CT molecular complexity index is 1150. The van der Waals surface area contributed by atoms with Crippen LogP contribution in [0, 0.1) is 15.9 Å². The molecular weight excluding hydrogens is 401 g/mol. The number of rotatable bonds is 7. The number of aromatic nitrogens is 1. The number of para-hydroxylation sites is 1. The van der Waals surface area contributed by atoms with Gasteiger partial charge in [0.15, 0.2) is 21.4 Å². The van der Waals surface area contributed by atoms with E-state index in [2.05, 4.69) is 10.3 Å². The summed E-state index contributed by atoms with van der Waals surface area (Å²) in [6.07, 6.45) is 3.91. The molecule has 0 radical (unpaired) electrons. The fourth-order valence-electron chi connectivity index (χ4n) is 2.62. The van der Waals surface area contributed by atoms with Gasteiger partial charge in [0.1, 0.15) is 16.3 Å². The van der Waals surface area contributed by atoms with Gasteiger partial charge in [-0.3, -0.25) is 15.1 Å². The molecule has 2 aromatic carbocycles. The van der Waals surface area contributed by atoms with E-state index in [1.165, 1.54) is 36.5 Å². The van der Waals surface area contributed by atoms with Gasteiger partial charge >= 0.3 is 5.69 Å². The highest BCUT2D eigenvalue weighted by molar-refractivity contribution is 7.90. The van der Waals surface area contributed by atoms with Crippen molar-refractivity contribution in [2.45, 2.75) is 11.4 Å². The van der Waals surface area contributed by atoms with Crippen molar-refractivity contribution in [3.05, 3.63) is 82.4 Å². The zero-order chi connectivity index (χ0) is 21.0. The molecule has 3 rings (SSSR count). The third kappa shape index (κ3) is 4.85. The summed E-state index contributed by atoms with van der Waals surface area (Å²) in [5.74, 6) is -0.232. The maximum Gasteiger partial charge on any atom is 0.310 e. The van der Waals surface area contributed by atoms with E-state index in [-0.39, 0.29) is 22.9 Å². The van der Waals surface area contributed by atoms with Crippen LogP contribution in [0.5, 0.6) is 11.5 Å². The first-order valence-corrected chi connectivity index (χ1v) is 10.2. The van der Waals surface area contributed by atoms with Gasteiger partial charge in [0.05, 0.1) is 11.1 Å². The summed E-state index contributed by atoms with van der Waals surface area (Å²) in [6.45, 7) is 0.0398. The van der Waals surface area contributed by atoms with Crippen molar-refractivity contribution >= 4 is 21.2 Å². The summed E-state index contributed by atoms with van der Waals surface area (Å²) >= 11 is 0. The third-order valence-corrected chi connectivity index (χ3v) is 5.05. The summed E-state index contributed by atoms with van der Waals surface area (Å²) < 4.78 is 43.4. The molecule has 0 aliphatic rings. The number of nitro groups is 1. The molecule has 0 bridgehead atoms. The number of nitro benzene ring substituents is 1. The summed E-state index contributed by atoms with van der Waals surface area (Å²) in [5.41, 5.74) is -0.0406. The largest absolute Gasteiger partial charge is 0.453 e. The maximum absolute atomic E-state index is 14.3. The van der Waals surface area contributed by atoms with Gasteiger partial charge in [0, 0.05) is 19.0 Å². The highest BCUT2D eigenvalue weighted by atomic mass is 32.2. The van der Waals surface area contributed by atoms with Gasteiger partial charge in [-0.15, -0.1) is 0 Å². The quantitative estimate of drug-likeness (QED) is 0.458. The fraction of sp³-hybridized carbons (Fsp3) is 0.105. The van der Waals surface area contributed by atoms with Crippen molar-refractivity contribution in [3.63, 3.8) is 0 Å². The Hall–Kier alpha value is -3.53. The number of hydrogen-bond acceptors (Lipinski definition) is 7. The lowest BCUT2D eigenvalue weighted by molar-refractivity contribution is -0.386. The van der Waals surface area contributed by atoms with Crippen molar-refractivity contribution in [1.29, 1.82) is 0 Å². The number of halogens is 1. The van der Waals surface area contributed by atoms with E-state index in [4.69, 9.17) is 4.74 Å². The van der Waals surface area contributed by atoms with E-state index in [9.17, 15) is 22.9 Å². The third-order valence-electron chi connectivity index (χ3n) is 3.92. The normalized spacial score (nSPS) is 11.1. The molecule has 3 aromatic rings. The molecule has 0 aliphatic heterocycles. The van der Waals surface area contributed by atoms with Crippen molar-refractivity contribution in [2.75, 3.05) is 11.6 Å². The van der Waals surface area contributed by atoms with Crippen molar-refractivity contribution < 1.29 is 22.5 Å². The lowest BCUT2D eigenvalue weighted by Gasteiger charge is -2.11. The lowest BCUT2D eigenvalue weighted by atomic mass is 10.2. The number of ether oxygens (including phenoxy) is 1. The van der Waals surface area contributed by atoms with E-state index in [1.54, 1.807) is 24.4 Å². The maximum atomic E-state index is 14.3. The molecule has 0 saturated carbocycles. The average molecular weight is 417 g/mol. The number of nitrogens with one attached hydrogen (secondary N) is 1. The molecule has 0 saturated heterocycles. The molecule has 8 nitrogen and oxygen atoms in total. The lowest BCUT2D eigenvalue weighted by Crippen LogP contribution is -2.08. The van der Waals surface area contributed by atoms with Crippen LogP contribution in [0.1, 0.15) is 5.56 Å². The van der Waals surface area contributed by atoms with Crippen LogP contribution in [0.4, 0.5) is 15.8 Å². The minimum atomic E-state index is -3.79. The van der Waals surface area contributed by atoms with Gasteiger partial charge in [-0.25, -0.2) is 12.8 Å². The van der Waals surface area contributed by atoms with Crippen LogP contribution in [0.25, 0.3) is 0 Å². The van der Waals surface area contributed by atoms with Gasteiger partial charge in [-0.05, 0) is 42.0 Å². The SMILES string of the molecule is CS(=O)(=O)c1cccc(NCc2ccc(Oc3cccnc3)c(F)c2)c1[N+](=O)[O-]. The number of benzene rings is 2. The highest BCUT2D eigenvalue weighted by Gasteiger charge is 2.26. The monoisotopic (exact) mass is 417 g/mol. The van der Waals surface area contributed by atoms with E-state index in [0.29, 0.717) is 11.3 Å². The van der Waals surface area contributed by atoms with E-state index < -0.39 is 26.3 Å². The van der Waals surface area contributed by atoms with Gasteiger partial charge in [-0.1, -0.05) is 12.1 Å². The van der Waals surface area contributed by atoms with Crippen molar-refractivity contribution in [2.24, 2.45) is 0 Å². The van der Waals surface area contributed by atoms with Crippen LogP contribution in [0.2, 0.25) is 0 Å². The molecule has 150 valence electrons. The molecule has 0 unspecified atom stereocenters. The Morgan fingerprint density at radius 2 is 2.00 bits per heavy atom. The first-order chi connectivity index (χ1) is 13.8. The second-order valence-corrected chi connectivity index (χ2v) is 8.07. The highest BCUT2D eigenvalue weighted by Crippen LogP contribution is 2.32. The van der Waals surface area contributed by atoms with Crippen LogP contribution in [-0.4, -0.2) is 24.6 Å². The van der Waals surface area contributed by atoms with Crippen molar-refractivity contribution in [1.82, 2.24) is 4.98 Å². The molecule has 1 N–H and O–H groups in total. The molecule has 10 heteroatoms. The molecule has 1 aromatic heterocycles. The summed E-state index contributed by atoms with van der Waals surface area (Å²) in [6, 6.07) is 11.5. The Kier molecular flexibility index (Phi) is 5.74. The predicted molar refractivity (Wildman–Crippen MR) is 104 cm³/mol. The van der Waals surface area contributed by atoms with Crippen LogP contribution in [0.15, 0.2) is 65.8 Å². The summed E-state index contributed by atoms with van der Waals surface area (Å²) in [4.78, 5) is 14.1. The molecule has 0 spiro atoms. The van der Waals surface area contributed by atoms with Gasteiger partial charge in [0.2, 0.25) is 0 Å². The Balaban J connectivity index is 1.80. The summed E-state index contributed by atoms with van der Waals surface area (Å²) in [7, 11) is -3.79. The number of sulfone groups is 1. The average Bonchev–Trinajstić information content (AvgIpc) is 2.68. The fourth-order valence-corrected chi connectivity index (χ4v) is 3.48. The predicted octanol–water partition coefficient (Wildman–Crippen LogP) is 3.94. The smallest absolute Gasteiger partial charge is 0.310 e. The molecule has 0 fully saturated rings. The summed E-state index contributed by atoms with van der Waals surface area (Å²) in [5, 5.41) is 14.2. The first-order valence-electron chi connectivity index (χ1n) is 8.33. The second-order valence-electron chi connectivity index (χ2n) is 6.09. The van der Waals surface area contributed by atoms with E-state index in [1.807, 2.05) is 0 Å². The van der Waals surface area contributed by atoms with Gasteiger partial charge < -0.3 is 10.1 Å². The zero-order valence-electron chi connectivity index (χ0n) is 15.2. The standard InChI is InChI=1S/C19H16FN3O5S/c1-29(26,27)18-6-2-5-16(19(18)23(24)25)22-11-13-7-8-17(15(20)10-13)28-14-4-3-9-21-12-14/h2-10,12,22H,11H2,1H3. The van der Waals surface area contributed by atoms with Gasteiger partial charge in [0.25, 0.3) is 0 Å². The van der Waals surface area contributed by atoms with Crippen LogP contribution >= 0.6 is 0 Å². The number of hydrogen-bond donors (Lipinski definition) is 1. The molecule has 0 amide bonds.